The molecule has 0 radical (unpaired) electrons. The third-order valence-corrected chi connectivity index (χ3v) is 17.3. The Balaban J connectivity index is 1.50. The summed E-state index contributed by atoms with van der Waals surface area (Å²) in [5.74, 6) is -1.21. The molecule has 1 aromatic carbocycles. The van der Waals surface area contributed by atoms with Gasteiger partial charge in [0.2, 0.25) is 19.9 Å². The van der Waals surface area contributed by atoms with Gasteiger partial charge in [-0.05, 0) is 97.2 Å². The van der Waals surface area contributed by atoms with Gasteiger partial charge in [-0.2, -0.15) is 0 Å². The van der Waals surface area contributed by atoms with Crippen LogP contribution in [-0.2, 0) is 9.47 Å². The van der Waals surface area contributed by atoms with E-state index in [2.05, 4.69) is 59.8 Å². The van der Waals surface area contributed by atoms with Gasteiger partial charge >= 0.3 is 0 Å². The maximum absolute atomic E-state index is 12.4. The Morgan fingerprint density at radius 3 is 2.31 bits per heavy atom. The van der Waals surface area contributed by atoms with E-state index in [-0.39, 0.29) is 10.5 Å². The van der Waals surface area contributed by atoms with Gasteiger partial charge in [0.05, 0.1) is 19.1 Å². The minimum Gasteiger partial charge on any atom is -0.543 e. The van der Waals surface area contributed by atoms with Gasteiger partial charge in [-0.3, -0.25) is 0 Å². The molecule has 1 spiro atoms. The number of hydrogen-bond acceptors (Lipinski definition) is 5. The van der Waals surface area contributed by atoms with Gasteiger partial charge in [0.25, 0.3) is 0 Å². The average Bonchev–Trinajstić information content (AvgIpc) is 3.48. The second-order valence-electron chi connectivity index (χ2n) is 15.8. The molecule has 39 heavy (non-hydrogen) atoms. The molecule has 5 nitrogen and oxygen atoms in total. The Bertz CT molecular complexity index is 1090. The van der Waals surface area contributed by atoms with Crippen molar-refractivity contribution in [2.45, 2.75) is 122 Å². The third kappa shape index (κ3) is 3.98. The fourth-order valence-corrected chi connectivity index (χ4v) is 11.0. The molecule has 0 bridgehead atoms. The molecule has 5 fully saturated rings. The highest BCUT2D eigenvalue weighted by Crippen LogP contribution is 2.72. The highest BCUT2D eigenvalue weighted by Gasteiger charge is 2.73. The van der Waals surface area contributed by atoms with Crippen molar-refractivity contribution in [1.29, 1.82) is 0 Å². The lowest BCUT2D eigenvalue weighted by Gasteiger charge is -2.66. The Hall–Kier alpha value is -0.923. The number of para-hydroxylation sites is 1. The van der Waals surface area contributed by atoms with E-state index in [1.54, 1.807) is 0 Å². The molecule has 1 heterocycles. The quantitative estimate of drug-likeness (QED) is 0.304. The van der Waals surface area contributed by atoms with Gasteiger partial charge in [-0.25, -0.2) is 0 Å². The average molecular weight is 557 g/mol. The Morgan fingerprint density at radius 1 is 0.923 bits per heavy atom. The summed E-state index contributed by atoms with van der Waals surface area (Å²) in [6.07, 6.45) is 9.30. The van der Waals surface area contributed by atoms with Crippen molar-refractivity contribution >= 4 is 8.32 Å². The second-order valence-corrected chi connectivity index (χ2v) is 20.5. The van der Waals surface area contributed by atoms with E-state index >= 15 is 0 Å². The molecule has 6 rings (SSSR count). The number of fused-ring (bicyclic) bond motifs is 5. The highest BCUT2D eigenvalue weighted by atomic mass is 28.4. The number of ether oxygens (including phenoxy) is 2. The van der Waals surface area contributed by atoms with Crippen molar-refractivity contribution in [2.75, 3.05) is 13.2 Å². The van der Waals surface area contributed by atoms with Gasteiger partial charge in [-0.15, -0.1) is 0 Å². The number of hydrogen-bond donors (Lipinski definition) is 2. The Morgan fingerprint density at radius 2 is 1.62 bits per heavy atom. The smallest absolute Gasteiger partial charge is 0.250 e. The molecular formula is C33H52O5Si. The van der Waals surface area contributed by atoms with E-state index in [1.165, 1.54) is 32.1 Å². The molecular weight excluding hydrogens is 504 g/mol. The zero-order valence-corrected chi connectivity index (χ0v) is 26.4. The maximum atomic E-state index is 12.4. The van der Waals surface area contributed by atoms with Gasteiger partial charge < -0.3 is 24.1 Å². The summed E-state index contributed by atoms with van der Waals surface area (Å²) in [6.45, 7) is 17.0. The molecule has 2 N–H and O–H groups in total. The standard InChI is InChI=1S/C33H52O5Si/c1-29(2,3)39(6,7)38-27-13-9-8-11-24(27)28-31(5)22(21-32(33(28,34)35)36-19-20-37-32)14-15-23-25-12-10-17-30(25,4)18-16-26(23)31/h8-9,11,13,22-23,25-26,28,34-35H,10,12,14-21H2,1-7H3/t22?,23-,25-,26-,28?,30-,31-/m0/s1. The van der Waals surface area contributed by atoms with Crippen molar-refractivity contribution in [3.63, 3.8) is 0 Å². The van der Waals surface area contributed by atoms with Crippen molar-refractivity contribution < 1.29 is 24.1 Å². The summed E-state index contributed by atoms with van der Waals surface area (Å²) < 4.78 is 19.4. The number of rotatable bonds is 3. The second kappa shape index (κ2) is 9.04. The first-order valence-electron chi connectivity index (χ1n) is 15.7. The van der Waals surface area contributed by atoms with Crippen LogP contribution in [0.25, 0.3) is 0 Å². The SMILES string of the molecule is CC(C)(C)[Si](C)(C)Oc1ccccc1C1C(O)(O)C2(CC3CC[C@H]4[C@@H]5CCC[C@@]5(C)CC[C@@H]4[C@]31C)OCCO2. The van der Waals surface area contributed by atoms with E-state index in [9.17, 15) is 10.2 Å². The van der Waals surface area contributed by atoms with Crippen LogP contribution in [0.3, 0.4) is 0 Å². The summed E-state index contributed by atoms with van der Waals surface area (Å²) in [6, 6.07) is 8.21. The molecule has 1 aliphatic heterocycles. The predicted molar refractivity (Wildman–Crippen MR) is 156 cm³/mol. The number of benzene rings is 1. The van der Waals surface area contributed by atoms with E-state index in [4.69, 9.17) is 13.9 Å². The van der Waals surface area contributed by atoms with Crippen LogP contribution in [0.5, 0.6) is 5.75 Å². The lowest BCUT2D eigenvalue weighted by molar-refractivity contribution is -0.404. The first-order valence-corrected chi connectivity index (χ1v) is 18.6. The Labute approximate surface area is 237 Å². The van der Waals surface area contributed by atoms with Crippen LogP contribution in [0.4, 0.5) is 0 Å². The van der Waals surface area contributed by atoms with Gasteiger partial charge in [-0.1, -0.05) is 59.2 Å². The summed E-state index contributed by atoms with van der Waals surface area (Å²) in [4.78, 5) is 0. The largest absolute Gasteiger partial charge is 0.543 e. The Kier molecular flexibility index (Phi) is 6.54. The first-order chi connectivity index (χ1) is 18.2. The van der Waals surface area contributed by atoms with E-state index in [0.29, 0.717) is 42.8 Å². The van der Waals surface area contributed by atoms with Gasteiger partial charge in [0, 0.05) is 12.0 Å². The summed E-state index contributed by atoms with van der Waals surface area (Å²) >= 11 is 0. The van der Waals surface area contributed by atoms with E-state index < -0.39 is 25.8 Å². The summed E-state index contributed by atoms with van der Waals surface area (Å²) in [7, 11) is -2.18. The monoisotopic (exact) mass is 556 g/mol. The third-order valence-electron chi connectivity index (χ3n) is 13.0. The molecule has 218 valence electrons. The minimum absolute atomic E-state index is 0.0275. The molecule has 6 heteroatoms. The minimum atomic E-state index is -2.18. The predicted octanol–water partition coefficient (Wildman–Crippen LogP) is 7.23. The fourth-order valence-electron chi connectivity index (χ4n) is 9.94. The van der Waals surface area contributed by atoms with Crippen LogP contribution >= 0.6 is 0 Å². The summed E-state index contributed by atoms with van der Waals surface area (Å²) in [5.41, 5.74) is 1.06. The molecule has 0 aromatic heterocycles. The number of aliphatic hydroxyl groups is 2. The maximum Gasteiger partial charge on any atom is 0.250 e. The molecule has 1 aromatic rings. The van der Waals surface area contributed by atoms with Crippen LogP contribution in [0.15, 0.2) is 24.3 Å². The van der Waals surface area contributed by atoms with Crippen molar-refractivity contribution in [3.8, 4) is 5.75 Å². The van der Waals surface area contributed by atoms with E-state index in [1.807, 2.05) is 12.1 Å². The van der Waals surface area contributed by atoms with Crippen molar-refractivity contribution in [2.24, 2.45) is 34.5 Å². The lowest BCUT2D eigenvalue weighted by atomic mass is 9.41. The van der Waals surface area contributed by atoms with Crippen LogP contribution in [0.1, 0.15) is 97.5 Å². The first kappa shape index (κ1) is 28.2. The molecule has 0 amide bonds. The molecule has 7 atom stereocenters. The normalized spacial score (nSPS) is 41.1. The summed E-state index contributed by atoms with van der Waals surface area (Å²) in [5, 5.41) is 24.9. The molecule has 1 saturated heterocycles. The lowest BCUT2D eigenvalue weighted by Crippen LogP contribution is -2.70. The van der Waals surface area contributed by atoms with Crippen LogP contribution in [-0.4, -0.2) is 43.3 Å². The van der Waals surface area contributed by atoms with Gasteiger partial charge in [0.1, 0.15) is 5.75 Å². The zero-order chi connectivity index (χ0) is 28.1. The van der Waals surface area contributed by atoms with Crippen molar-refractivity contribution in [1.82, 2.24) is 0 Å². The van der Waals surface area contributed by atoms with Crippen LogP contribution in [0.2, 0.25) is 18.1 Å². The topological polar surface area (TPSA) is 68.2 Å². The zero-order valence-electron chi connectivity index (χ0n) is 25.4. The molecule has 4 aliphatic carbocycles. The van der Waals surface area contributed by atoms with E-state index in [0.717, 1.165) is 30.1 Å². The highest BCUT2D eigenvalue weighted by molar-refractivity contribution is 6.74. The van der Waals surface area contributed by atoms with Crippen LogP contribution in [0, 0.1) is 34.5 Å². The van der Waals surface area contributed by atoms with Crippen LogP contribution < -0.4 is 4.43 Å². The molecule has 5 aliphatic rings. The van der Waals surface area contributed by atoms with Crippen molar-refractivity contribution in [3.05, 3.63) is 29.8 Å². The fraction of sp³-hybridized carbons (Fsp3) is 0.818. The van der Waals surface area contributed by atoms with Gasteiger partial charge in [0.15, 0.2) is 0 Å². The molecule has 2 unspecified atom stereocenters. The molecule has 4 saturated carbocycles.